The van der Waals surface area contributed by atoms with Crippen LogP contribution in [0.25, 0.3) is 0 Å². The lowest BCUT2D eigenvalue weighted by Crippen LogP contribution is -1.92. The van der Waals surface area contributed by atoms with Crippen molar-refractivity contribution in [3.8, 4) is 0 Å². The first-order valence-electron chi connectivity index (χ1n) is 3.53. The smallest absolute Gasteiger partial charge is 0.243 e. The number of nitro groups is 1. The molecule has 0 amide bonds. The minimum atomic E-state index is -0.398. The highest BCUT2D eigenvalue weighted by molar-refractivity contribution is 5.05. The monoisotopic (exact) mass is 155 g/mol. The molecule has 0 radical (unpaired) electrons. The predicted molar refractivity (Wildman–Crippen MR) is 44.7 cm³/mol. The molecule has 0 aromatic carbocycles. The first-order valence-corrected chi connectivity index (χ1v) is 3.53. The van der Waals surface area contributed by atoms with Crippen LogP contribution in [0.3, 0.4) is 0 Å². The van der Waals surface area contributed by atoms with Gasteiger partial charge in [-0.05, 0) is 5.92 Å². The van der Waals surface area contributed by atoms with Crippen LogP contribution in [0.5, 0.6) is 0 Å². The van der Waals surface area contributed by atoms with Crippen LogP contribution in [0, 0.1) is 16.0 Å². The van der Waals surface area contributed by atoms with E-state index in [0.29, 0.717) is 5.92 Å². The molecule has 0 N–H and O–H groups in total. The van der Waals surface area contributed by atoms with Crippen molar-refractivity contribution in [3.05, 3.63) is 34.0 Å². The molecular formula is C8H13NO2. The van der Waals surface area contributed by atoms with Crippen LogP contribution in [0.1, 0.15) is 20.8 Å². The Balaban J connectivity index is 4.02. The van der Waals surface area contributed by atoms with Crippen LogP contribution in [0.4, 0.5) is 0 Å². The summed E-state index contributed by atoms with van der Waals surface area (Å²) in [4.78, 5) is 9.68. The SMILES string of the molecule is C/C(=C\C=C/C(C)C)[N+](=O)[O-]. The standard InChI is InChI=1S/C8H13NO2/c1-7(2)5-4-6-8(3)9(10)11/h4-7H,1-3H3/b5-4-,8-6+. The van der Waals surface area contributed by atoms with E-state index in [1.807, 2.05) is 19.9 Å². The van der Waals surface area contributed by atoms with Crippen molar-refractivity contribution >= 4 is 0 Å². The molecule has 0 rings (SSSR count). The fourth-order valence-corrected chi connectivity index (χ4v) is 0.478. The van der Waals surface area contributed by atoms with Gasteiger partial charge in [-0.15, -0.1) is 0 Å². The molecule has 3 heteroatoms. The van der Waals surface area contributed by atoms with Gasteiger partial charge in [-0.1, -0.05) is 26.0 Å². The fourth-order valence-electron chi connectivity index (χ4n) is 0.478. The van der Waals surface area contributed by atoms with Crippen LogP contribution < -0.4 is 0 Å². The lowest BCUT2D eigenvalue weighted by molar-refractivity contribution is -0.424. The van der Waals surface area contributed by atoms with Gasteiger partial charge in [0.15, 0.2) is 0 Å². The summed E-state index contributed by atoms with van der Waals surface area (Å²) < 4.78 is 0. The van der Waals surface area contributed by atoms with Crippen LogP contribution in [-0.2, 0) is 0 Å². The predicted octanol–water partition coefficient (Wildman–Crippen LogP) is 2.38. The van der Waals surface area contributed by atoms with E-state index >= 15 is 0 Å². The van der Waals surface area contributed by atoms with E-state index in [0.717, 1.165) is 0 Å². The summed E-state index contributed by atoms with van der Waals surface area (Å²) in [5.41, 5.74) is 0.168. The van der Waals surface area contributed by atoms with Gasteiger partial charge < -0.3 is 0 Å². The van der Waals surface area contributed by atoms with Crippen LogP contribution in [-0.4, -0.2) is 4.92 Å². The van der Waals surface area contributed by atoms with Crippen LogP contribution in [0.15, 0.2) is 23.9 Å². The van der Waals surface area contributed by atoms with Crippen LogP contribution in [0.2, 0.25) is 0 Å². The topological polar surface area (TPSA) is 43.1 Å². The molecule has 0 spiro atoms. The molecule has 0 heterocycles. The van der Waals surface area contributed by atoms with Gasteiger partial charge in [0.1, 0.15) is 0 Å². The zero-order valence-electron chi connectivity index (χ0n) is 7.07. The molecule has 0 saturated carbocycles. The Kier molecular flexibility index (Phi) is 4.18. The molecule has 0 unspecified atom stereocenters. The van der Waals surface area contributed by atoms with Crippen molar-refractivity contribution in [2.24, 2.45) is 5.92 Å². The molecule has 0 aromatic rings. The summed E-state index contributed by atoms with van der Waals surface area (Å²) in [5.74, 6) is 0.436. The summed E-state index contributed by atoms with van der Waals surface area (Å²) in [6, 6.07) is 0. The average molecular weight is 155 g/mol. The lowest BCUT2D eigenvalue weighted by atomic mass is 10.2. The molecule has 0 aliphatic heterocycles. The molecule has 0 aliphatic rings. The molecule has 11 heavy (non-hydrogen) atoms. The van der Waals surface area contributed by atoms with Gasteiger partial charge in [-0.2, -0.15) is 0 Å². The molecule has 0 bridgehead atoms. The van der Waals surface area contributed by atoms with Crippen molar-refractivity contribution < 1.29 is 4.92 Å². The minimum absolute atomic E-state index is 0.168. The van der Waals surface area contributed by atoms with Crippen molar-refractivity contribution in [2.75, 3.05) is 0 Å². The van der Waals surface area contributed by atoms with E-state index in [-0.39, 0.29) is 5.70 Å². The molecule has 0 fully saturated rings. The molecule has 0 saturated heterocycles. The number of nitrogens with zero attached hydrogens (tertiary/aromatic N) is 1. The number of hydrogen-bond donors (Lipinski definition) is 0. The number of hydrogen-bond acceptors (Lipinski definition) is 2. The van der Waals surface area contributed by atoms with Crippen LogP contribution >= 0.6 is 0 Å². The molecule has 0 aliphatic carbocycles. The summed E-state index contributed by atoms with van der Waals surface area (Å²) in [6.07, 6.45) is 5.12. The van der Waals surface area contributed by atoms with Gasteiger partial charge in [0.25, 0.3) is 0 Å². The van der Waals surface area contributed by atoms with Crippen molar-refractivity contribution in [1.29, 1.82) is 0 Å². The zero-order valence-corrected chi connectivity index (χ0v) is 7.07. The average Bonchev–Trinajstić information content (AvgIpc) is 1.86. The Morgan fingerprint density at radius 1 is 1.55 bits per heavy atom. The van der Waals surface area contributed by atoms with Gasteiger partial charge in [-0.25, -0.2) is 0 Å². The Labute approximate surface area is 66.6 Å². The van der Waals surface area contributed by atoms with Gasteiger partial charge >= 0.3 is 0 Å². The van der Waals surface area contributed by atoms with E-state index in [1.54, 1.807) is 6.08 Å². The largest absolute Gasteiger partial charge is 0.259 e. The highest BCUT2D eigenvalue weighted by atomic mass is 16.6. The molecule has 3 nitrogen and oxygen atoms in total. The Hall–Kier alpha value is -1.12. The van der Waals surface area contributed by atoms with Crippen molar-refractivity contribution in [2.45, 2.75) is 20.8 Å². The van der Waals surface area contributed by atoms with Gasteiger partial charge in [-0.3, -0.25) is 10.1 Å². The summed E-state index contributed by atoms with van der Waals surface area (Å²) >= 11 is 0. The molecule has 0 atom stereocenters. The maximum atomic E-state index is 10.1. The summed E-state index contributed by atoms with van der Waals surface area (Å²) in [6.45, 7) is 5.52. The number of rotatable bonds is 3. The third-order valence-corrected chi connectivity index (χ3v) is 1.12. The van der Waals surface area contributed by atoms with E-state index in [9.17, 15) is 10.1 Å². The molecule has 0 aromatic heterocycles. The Morgan fingerprint density at radius 2 is 2.09 bits per heavy atom. The fraction of sp³-hybridized carbons (Fsp3) is 0.500. The highest BCUT2D eigenvalue weighted by Gasteiger charge is 1.96. The van der Waals surface area contributed by atoms with E-state index in [4.69, 9.17) is 0 Å². The zero-order chi connectivity index (χ0) is 8.85. The first-order chi connectivity index (χ1) is 5.04. The highest BCUT2D eigenvalue weighted by Crippen LogP contribution is 1.97. The van der Waals surface area contributed by atoms with Gasteiger partial charge in [0.05, 0.1) is 4.92 Å². The normalized spacial score (nSPS) is 12.9. The Bertz CT molecular complexity index is 192. The number of allylic oxidation sites excluding steroid dienone is 4. The second kappa shape index (κ2) is 4.66. The summed E-state index contributed by atoms with van der Waals surface area (Å²) in [5, 5.41) is 10.1. The van der Waals surface area contributed by atoms with E-state index in [2.05, 4.69) is 0 Å². The minimum Gasteiger partial charge on any atom is -0.259 e. The van der Waals surface area contributed by atoms with E-state index < -0.39 is 4.92 Å². The first kappa shape index (κ1) is 9.88. The molecule has 62 valence electrons. The second-order valence-electron chi connectivity index (χ2n) is 2.69. The molecular weight excluding hydrogens is 142 g/mol. The Morgan fingerprint density at radius 3 is 2.45 bits per heavy atom. The van der Waals surface area contributed by atoms with Gasteiger partial charge in [0, 0.05) is 13.0 Å². The lowest BCUT2D eigenvalue weighted by Gasteiger charge is -1.89. The second-order valence-corrected chi connectivity index (χ2v) is 2.69. The summed E-state index contributed by atoms with van der Waals surface area (Å²) in [7, 11) is 0. The van der Waals surface area contributed by atoms with Crippen molar-refractivity contribution in [3.63, 3.8) is 0 Å². The maximum absolute atomic E-state index is 10.1. The maximum Gasteiger partial charge on any atom is 0.243 e. The third-order valence-electron chi connectivity index (χ3n) is 1.12. The third kappa shape index (κ3) is 5.33. The van der Waals surface area contributed by atoms with E-state index in [1.165, 1.54) is 13.0 Å². The quantitative estimate of drug-likeness (QED) is 0.356. The van der Waals surface area contributed by atoms with Crippen molar-refractivity contribution in [1.82, 2.24) is 0 Å². The van der Waals surface area contributed by atoms with Gasteiger partial charge in [0.2, 0.25) is 5.70 Å².